The summed E-state index contributed by atoms with van der Waals surface area (Å²) in [4.78, 5) is 10.7. The highest BCUT2D eigenvalue weighted by Crippen LogP contribution is 2.20. The van der Waals surface area contributed by atoms with Gasteiger partial charge in [0.05, 0.1) is 0 Å². The van der Waals surface area contributed by atoms with E-state index in [1.807, 2.05) is 0 Å². The van der Waals surface area contributed by atoms with Crippen LogP contribution < -0.4 is 5.32 Å². The molecule has 0 aliphatic rings. The Morgan fingerprint density at radius 2 is 2.00 bits per heavy atom. The number of rotatable bonds is 2. The van der Waals surface area contributed by atoms with Gasteiger partial charge in [0, 0.05) is 24.3 Å². The Kier molecular flexibility index (Phi) is 3.19. The molecular weight excluding hydrogens is 200 g/mol. The zero-order chi connectivity index (χ0) is 11.6. The number of carbonyl (C=O) groups is 1. The molecule has 0 atom stereocenters. The lowest BCUT2D eigenvalue weighted by Crippen LogP contribution is -2.18. The van der Waals surface area contributed by atoms with E-state index in [2.05, 4.69) is 11.9 Å². The number of hydrogen-bond donors (Lipinski definition) is 1. The van der Waals surface area contributed by atoms with Crippen LogP contribution in [0, 0.1) is 18.6 Å². The summed E-state index contributed by atoms with van der Waals surface area (Å²) in [5.41, 5.74) is 0.662. The molecular formula is C11H11F2NO. The third-order valence-corrected chi connectivity index (χ3v) is 1.88. The Morgan fingerprint density at radius 1 is 1.40 bits per heavy atom. The molecule has 0 fully saturated rings. The number of amides is 1. The van der Waals surface area contributed by atoms with Gasteiger partial charge in [-0.05, 0) is 18.6 Å². The molecule has 2 nitrogen and oxygen atoms in total. The average molecular weight is 211 g/mol. The zero-order valence-corrected chi connectivity index (χ0v) is 8.53. The first-order chi connectivity index (χ1) is 6.91. The molecule has 80 valence electrons. The van der Waals surface area contributed by atoms with Crippen LogP contribution in [-0.2, 0) is 4.79 Å². The lowest BCUT2D eigenvalue weighted by molar-refractivity contribution is -0.117. The lowest BCUT2D eigenvalue weighted by Gasteiger charge is -2.10. The maximum atomic E-state index is 13.4. The van der Waals surface area contributed by atoms with Crippen molar-refractivity contribution in [1.82, 2.24) is 5.32 Å². The Bertz CT molecular complexity index is 404. The first-order valence-corrected chi connectivity index (χ1v) is 4.34. The molecule has 0 aromatic heterocycles. The molecule has 0 heterocycles. The van der Waals surface area contributed by atoms with E-state index in [9.17, 15) is 13.6 Å². The summed E-state index contributed by atoms with van der Waals surface area (Å²) < 4.78 is 26.1. The molecule has 0 saturated heterocycles. The number of nitrogens with one attached hydrogen (secondary N) is 1. The van der Waals surface area contributed by atoms with Gasteiger partial charge in [-0.25, -0.2) is 8.78 Å². The topological polar surface area (TPSA) is 29.1 Å². The van der Waals surface area contributed by atoms with Gasteiger partial charge in [-0.2, -0.15) is 0 Å². The summed E-state index contributed by atoms with van der Waals surface area (Å²) in [6.45, 7) is 6.37. The molecule has 0 spiro atoms. The second-order valence-electron chi connectivity index (χ2n) is 3.24. The summed E-state index contributed by atoms with van der Waals surface area (Å²) in [7, 11) is 0. The zero-order valence-electron chi connectivity index (χ0n) is 8.53. The van der Waals surface area contributed by atoms with E-state index in [1.54, 1.807) is 6.92 Å². The Hall–Kier alpha value is -1.71. The van der Waals surface area contributed by atoms with Crippen molar-refractivity contribution in [2.45, 2.75) is 13.8 Å². The molecule has 0 aliphatic carbocycles. The normalized spacial score (nSPS) is 9.87. The minimum atomic E-state index is -0.730. The molecule has 1 rings (SSSR count). The van der Waals surface area contributed by atoms with Crippen molar-refractivity contribution in [2.24, 2.45) is 0 Å². The van der Waals surface area contributed by atoms with Crippen molar-refractivity contribution in [3.05, 3.63) is 41.5 Å². The lowest BCUT2D eigenvalue weighted by atomic mass is 10.1. The molecule has 1 aromatic rings. The molecule has 0 radical (unpaired) electrons. The number of halogens is 2. The van der Waals surface area contributed by atoms with Crippen LogP contribution in [0.3, 0.4) is 0 Å². The average Bonchev–Trinajstić information content (AvgIpc) is 1.99. The van der Waals surface area contributed by atoms with E-state index in [0.717, 1.165) is 6.07 Å². The van der Waals surface area contributed by atoms with E-state index in [4.69, 9.17) is 0 Å². The van der Waals surface area contributed by atoms with Gasteiger partial charge in [0.25, 0.3) is 0 Å². The number of aryl methyl sites for hydroxylation is 1. The quantitative estimate of drug-likeness (QED) is 0.799. The van der Waals surface area contributed by atoms with E-state index in [1.165, 1.54) is 13.0 Å². The van der Waals surface area contributed by atoms with Crippen molar-refractivity contribution < 1.29 is 13.6 Å². The maximum absolute atomic E-state index is 13.4. The second kappa shape index (κ2) is 4.21. The Balaban J connectivity index is 3.14. The van der Waals surface area contributed by atoms with Crippen molar-refractivity contribution in [3.63, 3.8) is 0 Å². The van der Waals surface area contributed by atoms with Gasteiger partial charge in [-0.1, -0.05) is 6.58 Å². The summed E-state index contributed by atoms with van der Waals surface area (Å²) in [6, 6.07) is 1.95. The van der Waals surface area contributed by atoms with Gasteiger partial charge in [-0.15, -0.1) is 0 Å². The molecule has 0 bridgehead atoms. The third kappa shape index (κ3) is 2.62. The van der Waals surface area contributed by atoms with Gasteiger partial charge >= 0.3 is 0 Å². The van der Waals surface area contributed by atoms with E-state index in [-0.39, 0.29) is 17.2 Å². The van der Waals surface area contributed by atoms with Gasteiger partial charge in [0.15, 0.2) is 0 Å². The van der Waals surface area contributed by atoms with Gasteiger partial charge in [0.1, 0.15) is 11.6 Å². The number of carbonyl (C=O) groups excluding carboxylic acids is 1. The van der Waals surface area contributed by atoms with E-state index in [0.29, 0.717) is 5.56 Å². The summed E-state index contributed by atoms with van der Waals surface area (Å²) in [5.74, 6) is -1.72. The van der Waals surface area contributed by atoms with E-state index >= 15 is 0 Å². The van der Waals surface area contributed by atoms with Crippen molar-refractivity contribution in [2.75, 3.05) is 0 Å². The first kappa shape index (κ1) is 11.4. The monoisotopic (exact) mass is 211 g/mol. The molecule has 0 unspecified atom stereocenters. The molecule has 0 saturated carbocycles. The Labute approximate surface area is 86.6 Å². The number of benzene rings is 1. The molecule has 1 aromatic carbocycles. The molecule has 1 N–H and O–H groups in total. The van der Waals surface area contributed by atoms with Crippen LogP contribution in [0.1, 0.15) is 18.1 Å². The fourth-order valence-corrected chi connectivity index (χ4v) is 1.36. The van der Waals surface area contributed by atoms with Crippen LogP contribution in [0.5, 0.6) is 0 Å². The van der Waals surface area contributed by atoms with Crippen LogP contribution >= 0.6 is 0 Å². The highest BCUT2D eigenvalue weighted by molar-refractivity contribution is 5.84. The van der Waals surface area contributed by atoms with Crippen molar-refractivity contribution in [1.29, 1.82) is 0 Å². The Morgan fingerprint density at radius 3 is 2.47 bits per heavy atom. The van der Waals surface area contributed by atoms with Gasteiger partial charge in [0.2, 0.25) is 5.91 Å². The van der Waals surface area contributed by atoms with Crippen LogP contribution in [0.25, 0.3) is 5.70 Å². The van der Waals surface area contributed by atoms with Crippen molar-refractivity contribution >= 4 is 11.6 Å². The van der Waals surface area contributed by atoms with Crippen molar-refractivity contribution in [3.8, 4) is 0 Å². The summed E-state index contributed by atoms with van der Waals surface area (Å²) in [5, 5.41) is 2.36. The predicted octanol–water partition coefficient (Wildman–Crippen LogP) is 2.38. The first-order valence-electron chi connectivity index (χ1n) is 4.34. The highest BCUT2D eigenvalue weighted by Gasteiger charge is 2.12. The van der Waals surface area contributed by atoms with Crippen LogP contribution in [-0.4, -0.2) is 5.91 Å². The molecule has 1 amide bonds. The van der Waals surface area contributed by atoms with Crippen LogP contribution in [0.15, 0.2) is 18.7 Å². The fourth-order valence-electron chi connectivity index (χ4n) is 1.36. The highest BCUT2D eigenvalue weighted by atomic mass is 19.1. The molecule has 0 aliphatic heterocycles. The smallest absolute Gasteiger partial charge is 0.221 e. The minimum absolute atomic E-state index is 0.131. The fraction of sp³-hybridized carbons (Fsp3) is 0.182. The standard InChI is InChI=1S/C11H11F2NO/c1-6-4-9(12)5-10(13)11(6)7(2)14-8(3)15/h4-5H,2H2,1,3H3,(H,14,15). The SMILES string of the molecule is C=C(NC(C)=O)c1c(C)cc(F)cc1F. The molecule has 4 heteroatoms. The van der Waals surface area contributed by atoms with Crippen LogP contribution in [0.4, 0.5) is 8.78 Å². The van der Waals surface area contributed by atoms with E-state index < -0.39 is 11.6 Å². The summed E-state index contributed by atoms with van der Waals surface area (Å²) in [6.07, 6.45) is 0. The van der Waals surface area contributed by atoms with Gasteiger partial charge in [-0.3, -0.25) is 4.79 Å². The minimum Gasteiger partial charge on any atom is -0.326 e. The van der Waals surface area contributed by atoms with Crippen LogP contribution in [0.2, 0.25) is 0 Å². The van der Waals surface area contributed by atoms with Gasteiger partial charge < -0.3 is 5.32 Å². The third-order valence-electron chi connectivity index (χ3n) is 1.88. The predicted molar refractivity (Wildman–Crippen MR) is 53.9 cm³/mol. The summed E-state index contributed by atoms with van der Waals surface area (Å²) >= 11 is 0. The molecule has 15 heavy (non-hydrogen) atoms. The number of hydrogen-bond acceptors (Lipinski definition) is 1. The maximum Gasteiger partial charge on any atom is 0.221 e. The largest absolute Gasteiger partial charge is 0.326 e. The second-order valence-corrected chi connectivity index (χ2v) is 3.24.